The molecule has 3 heteroatoms. The predicted molar refractivity (Wildman–Crippen MR) is 73.3 cm³/mol. The zero-order valence-electron chi connectivity index (χ0n) is 9.26. The Bertz CT molecular complexity index is 653. The monoisotopic (exact) mass is 240 g/mol. The van der Waals surface area contributed by atoms with Gasteiger partial charge in [-0.15, -0.1) is 11.3 Å². The van der Waals surface area contributed by atoms with Gasteiger partial charge in [-0.05, 0) is 16.3 Å². The standard InChI is InChI=1S/C14H12N2S/c15-14-16-12(9-17-14)8-11-6-3-5-10-4-1-2-7-13(10)11/h1-7,9H,8H2,(H2,15,16). The Kier molecular flexibility index (Phi) is 2.53. The number of fused-ring (bicyclic) bond motifs is 1. The highest BCUT2D eigenvalue weighted by molar-refractivity contribution is 7.13. The molecule has 0 unspecified atom stereocenters. The molecule has 0 aliphatic carbocycles. The first kappa shape index (κ1) is 10.3. The summed E-state index contributed by atoms with van der Waals surface area (Å²) in [4.78, 5) is 4.31. The number of hydrogen-bond acceptors (Lipinski definition) is 3. The minimum absolute atomic E-state index is 0.639. The van der Waals surface area contributed by atoms with Gasteiger partial charge in [-0.2, -0.15) is 0 Å². The molecule has 17 heavy (non-hydrogen) atoms. The van der Waals surface area contributed by atoms with Crippen LogP contribution in [0.3, 0.4) is 0 Å². The van der Waals surface area contributed by atoms with E-state index < -0.39 is 0 Å². The van der Waals surface area contributed by atoms with Crippen molar-refractivity contribution in [1.29, 1.82) is 0 Å². The number of anilines is 1. The van der Waals surface area contributed by atoms with Crippen LogP contribution in [0, 0.1) is 0 Å². The largest absolute Gasteiger partial charge is 0.375 e. The van der Waals surface area contributed by atoms with Gasteiger partial charge in [0.25, 0.3) is 0 Å². The fourth-order valence-corrected chi connectivity index (χ4v) is 2.61. The molecule has 0 spiro atoms. The van der Waals surface area contributed by atoms with Crippen LogP contribution in [0.5, 0.6) is 0 Å². The molecule has 0 saturated carbocycles. The number of nitrogens with two attached hydrogens (primary N) is 1. The van der Waals surface area contributed by atoms with Gasteiger partial charge in [-0.3, -0.25) is 0 Å². The molecule has 0 saturated heterocycles. The highest BCUT2D eigenvalue weighted by Crippen LogP contribution is 2.22. The molecule has 2 nitrogen and oxygen atoms in total. The summed E-state index contributed by atoms with van der Waals surface area (Å²) in [7, 11) is 0. The van der Waals surface area contributed by atoms with E-state index in [0.717, 1.165) is 12.1 Å². The molecule has 1 heterocycles. The van der Waals surface area contributed by atoms with Crippen LogP contribution in [0.15, 0.2) is 47.8 Å². The highest BCUT2D eigenvalue weighted by Gasteiger charge is 2.04. The van der Waals surface area contributed by atoms with Crippen LogP contribution < -0.4 is 5.73 Å². The molecule has 3 aromatic rings. The van der Waals surface area contributed by atoms with E-state index in [1.54, 1.807) is 0 Å². The molecule has 0 aliphatic rings. The Morgan fingerprint density at radius 2 is 1.88 bits per heavy atom. The van der Waals surface area contributed by atoms with Gasteiger partial charge in [0.05, 0.1) is 5.69 Å². The van der Waals surface area contributed by atoms with E-state index >= 15 is 0 Å². The molecule has 1 aromatic heterocycles. The van der Waals surface area contributed by atoms with Crippen molar-refractivity contribution in [2.24, 2.45) is 0 Å². The first-order chi connectivity index (χ1) is 8.33. The quantitative estimate of drug-likeness (QED) is 0.745. The van der Waals surface area contributed by atoms with E-state index in [1.165, 1.54) is 27.7 Å². The number of aromatic nitrogens is 1. The maximum absolute atomic E-state index is 5.65. The van der Waals surface area contributed by atoms with E-state index in [9.17, 15) is 0 Å². The van der Waals surface area contributed by atoms with Crippen LogP contribution in [0.2, 0.25) is 0 Å². The molecule has 2 aromatic carbocycles. The third kappa shape index (κ3) is 2.01. The summed E-state index contributed by atoms with van der Waals surface area (Å²) in [5, 5.41) is 5.23. The summed E-state index contributed by atoms with van der Waals surface area (Å²) in [6, 6.07) is 14.8. The van der Waals surface area contributed by atoms with Crippen molar-refractivity contribution in [2.45, 2.75) is 6.42 Å². The van der Waals surface area contributed by atoms with Crippen LogP contribution in [-0.2, 0) is 6.42 Å². The van der Waals surface area contributed by atoms with Gasteiger partial charge >= 0.3 is 0 Å². The van der Waals surface area contributed by atoms with Crippen molar-refractivity contribution in [3.8, 4) is 0 Å². The van der Waals surface area contributed by atoms with E-state index in [1.807, 2.05) is 5.38 Å². The number of hydrogen-bond donors (Lipinski definition) is 1. The first-order valence-corrected chi connectivity index (χ1v) is 6.37. The summed E-state index contributed by atoms with van der Waals surface area (Å²) in [6.07, 6.45) is 0.842. The fourth-order valence-electron chi connectivity index (χ4n) is 2.05. The summed E-state index contributed by atoms with van der Waals surface area (Å²) < 4.78 is 0. The minimum atomic E-state index is 0.639. The number of rotatable bonds is 2. The van der Waals surface area contributed by atoms with E-state index in [0.29, 0.717) is 5.13 Å². The molecule has 0 aliphatic heterocycles. The van der Waals surface area contributed by atoms with Crippen molar-refractivity contribution in [3.05, 3.63) is 59.1 Å². The van der Waals surface area contributed by atoms with Crippen LogP contribution in [0.4, 0.5) is 5.13 Å². The maximum atomic E-state index is 5.65. The normalized spacial score (nSPS) is 10.8. The van der Waals surface area contributed by atoms with Crippen molar-refractivity contribution >= 4 is 27.2 Å². The van der Waals surface area contributed by atoms with Crippen LogP contribution in [0.1, 0.15) is 11.3 Å². The van der Waals surface area contributed by atoms with Crippen molar-refractivity contribution in [1.82, 2.24) is 4.98 Å². The number of benzene rings is 2. The predicted octanol–water partition coefficient (Wildman–Crippen LogP) is 3.47. The molecule has 2 N–H and O–H groups in total. The molecular formula is C14H12N2S. The topological polar surface area (TPSA) is 38.9 Å². The molecular weight excluding hydrogens is 228 g/mol. The molecule has 0 radical (unpaired) electrons. The average Bonchev–Trinajstić information content (AvgIpc) is 2.75. The summed E-state index contributed by atoms with van der Waals surface area (Å²) in [5.41, 5.74) is 8.00. The van der Waals surface area contributed by atoms with Crippen molar-refractivity contribution < 1.29 is 0 Å². The second kappa shape index (κ2) is 4.18. The Morgan fingerprint density at radius 1 is 1.06 bits per heavy atom. The van der Waals surface area contributed by atoms with Gasteiger partial charge in [0.1, 0.15) is 0 Å². The summed E-state index contributed by atoms with van der Waals surface area (Å²) in [6.45, 7) is 0. The lowest BCUT2D eigenvalue weighted by molar-refractivity contribution is 1.12. The zero-order valence-corrected chi connectivity index (χ0v) is 10.1. The first-order valence-electron chi connectivity index (χ1n) is 5.49. The summed E-state index contributed by atoms with van der Waals surface area (Å²) in [5.74, 6) is 0. The minimum Gasteiger partial charge on any atom is -0.375 e. The fraction of sp³-hybridized carbons (Fsp3) is 0.0714. The highest BCUT2D eigenvalue weighted by atomic mass is 32.1. The Labute approximate surface area is 104 Å². The molecule has 0 bridgehead atoms. The van der Waals surface area contributed by atoms with Crippen LogP contribution in [0.25, 0.3) is 10.8 Å². The van der Waals surface area contributed by atoms with Gasteiger partial charge in [-0.1, -0.05) is 42.5 Å². The molecule has 0 fully saturated rings. The van der Waals surface area contributed by atoms with Gasteiger partial charge in [0, 0.05) is 11.8 Å². The molecule has 3 rings (SSSR count). The molecule has 0 atom stereocenters. The Hall–Kier alpha value is -1.87. The second-order valence-corrected chi connectivity index (χ2v) is 4.88. The Morgan fingerprint density at radius 3 is 2.71 bits per heavy atom. The van der Waals surface area contributed by atoms with Crippen molar-refractivity contribution in [2.75, 3.05) is 5.73 Å². The van der Waals surface area contributed by atoms with E-state index in [2.05, 4.69) is 47.4 Å². The van der Waals surface area contributed by atoms with Crippen LogP contribution >= 0.6 is 11.3 Å². The van der Waals surface area contributed by atoms with Crippen molar-refractivity contribution in [3.63, 3.8) is 0 Å². The maximum Gasteiger partial charge on any atom is 0.180 e. The van der Waals surface area contributed by atoms with Gasteiger partial charge in [0.2, 0.25) is 0 Å². The number of nitrogen functional groups attached to an aromatic ring is 1. The molecule has 84 valence electrons. The number of nitrogens with zero attached hydrogens (tertiary/aromatic N) is 1. The number of thiazole rings is 1. The van der Waals surface area contributed by atoms with E-state index in [4.69, 9.17) is 5.73 Å². The third-order valence-corrected chi connectivity index (χ3v) is 3.54. The third-order valence-electron chi connectivity index (χ3n) is 2.82. The molecule has 0 amide bonds. The van der Waals surface area contributed by atoms with E-state index in [-0.39, 0.29) is 0 Å². The average molecular weight is 240 g/mol. The Balaban J connectivity index is 2.05. The summed E-state index contributed by atoms with van der Waals surface area (Å²) >= 11 is 1.50. The smallest absolute Gasteiger partial charge is 0.180 e. The van der Waals surface area contributed by atoms with Crippen LogP contribution in [-0.4, -0.2) is 4.98 Å². The van der Waals surface area contributed by atoms with Gasteiger partial charge < -0.3 is 5.73 Å². The lowest BCUT2D eigenvalue weighted by Crippen LogP contribution is -1.91. The SMILES string of the molecule is Nc1nc(Cc2cccc3ccccc23)cs1. The van der Waals surface area contributed by atoms with Gasteiger partial charge in [-0.25, -0.2) is 4.98 Å². The van der Waals surface area contributed by atoms with Gasteiger partial charge in [0.15, 0.2) is 5.13 Å². The zero-order chi connectivity index (χ0) is 11.7. The lowest BCUT2D eigenvalue weighted by Gasteiger charge is -2.04. The lowest BCUT2D eigenvalue weighted by atomic mass is 10.0. The second-order valence-electron chi connectivity index (χ2n) is 3.99.